The van der Waals surface area contributed by atoms with E-state index in [0.29, 0.717) is 96.5 Å². The van der Waals surface area contributed by atoms with Gasteiger partial charge in [-0.3, -0.25) is 47.5 Å². The van der Waals surface area contributed by atoms with Crippen LogP contribution in [0.4, 0.5) is 0 Å². The van der Waals surface area contributed by atoms with Gasteiger partial charge in [-0.15, -0.1) is 0 Å². The van der Waals surface area contributed by atoms with Gasteiger partial charge in [0, 0.05) is 29.2 Å². The Balaban J connectivity index is 0.00000325. The summed E-state index contributed by atoms with van der Waals surface area (Å²) in [5.41, 5.74) is 1.21. The van der Waals surface area contributed by atoms with Crippen molar-refractivity contribution >= 4 is 6.21 Å². The van der Waals surface area contributed by atoms with Gasteiger partial charge in [0.2, 0.25) is 0 Å². The van der Waals surface area contributed by atoms with Crippen molar-refractivity contribution in [2.45, 2.75) is 152 Å². The molecule has 0 amide bonds. The van der Waals surface area contributed by atoms with Gasteiger partial charge in [-0.25, -0.2) is 0 Å². The minimum atomic E-state index is 0. The van der Waals surface area contributed by atoms with Gasteiger partial charge in [0.25, 0.3) is 0 Å². The summed E-state index contributed by atoms with van der Waals surface area (Å²) in [6.07, 6.45) is 24.9. The largest absolute Gasteiger partial charge is 0.289 e. The van der Waals surface area contributed by atoms with Crippen LogP contribution in [0.3, 0.4) is 0 Å². The van der Waals surface area contributed by atoms with Crippen molar-refractivity contribution in [1.82, 2.24) is 42.5 Å². The number of fused-ring (bicyclic) bond motifs is 20. The van der Waals surface area contributed by atoms with Crippen molar-refractivity contribution in [3.63, 3.8) is 0 Å². The molecular formula is C39H61CuN9. The van der Waals surface area contributed by atoms with Crippen LogP contribution >= 0.6 is 0 Å². The van der Waals surface area contributed by atoms with E-state index in [1.54, 1.807) is 0 Å². The molecule has 5 heterocycles. The molecule has 5 saturated heterocycles. The quantitative estimate of drug-likeness (QED) is 0.173. The standard InChI is InChI=1S/C39H61N9.Cu/c1-2-11-22(12-3-1)21-40-30-20-10-19-29-31(30)39-47-37-28-18-9-8-17-27(28)35(45-37)43-33-24-14-5-4-13-23(24)32(41-33)42-34-25-15-6-7-16-26(25)36(44-34)46-38(29)48-39;/h1-3,11-12,21,23-39,41-48H,4-10,13-20H2;. The number of hydrogen-bond acceptors (Lipinski definition) is 9. The fourth-order valence-electron chi connectivity index (χ4n) is 12.9. The molecule has 1 aromatic rings. The number of nitrogens with one attached hydrogen (secondary N) is 8. The SMILES string of the molecule is C(=NC1CCCC2C3NC4NC(NC5NC(NC6NC(NC(N3)C12)C1CCCCC61)C1CCCCC51)C1CCCCC41)c1ccccc1.[Cu]. The van der Waals surface area contributed by atoms with Crippen molar-refractivity contribution in [2.75, 3.05) is 0 Å². The Morgan fingerprint density at radius 2 is 0.755 bits per heavy atom. The average Bonchev–Trinajstić information content (AvgIpc) is 3.87. The number of hydrogen-bond donors (Lipinski definition) is 8. The Hall–Kier alpha value is -0.911. The first-order chi connectivity index (χ1) is 23.8. The smallest absolute Gasteiger partial charge is 0.0649 e. The molecule has 9 nitrogen and oxygen atoms in total. The van der Waals surface area contributed by atoms with E-state index in [4.69, 9.17) is 4.99 Å². The van der Waals surface area contributed by atoms with E-state index in [1.807, 2.05) is 0 Å². The van der Waals surface area contributed by atoms with Crippen molar-refractivity contribution in [1.29, 1.82) is 0 Å². The van der Waals surface area contributed by atoms with Crippen LogP contribution in [-0.4, -0.2) is 61.6 Å². The maximum absolute atomic E-state index is 5.38. The summed E-state index contributed by atoms with van der Waals surface area (Å²) in [6.45, 7) is 0. The third-order valence-corrected chi connectivity index (χ3v) is 15.1. The van der Waals surface area contributed by atoms with Crippen molar-refractivity contribution in [3.05, 3.63) is 35.9 Å². The van der Waals surface area contributed by atoms with E-state index in [9.17, 15) is 0 Å². The van der Waals surface area contributed by atoms with E-state index < -0.39 is 0 Å². The molecule has 1 aromatic carbocycles. The van der Waals surface area contributed by atoms with Crippen LogP contribution in [0.1, 0.15) is 102 Å². The Bertz CT molecular complexity index is 1300. The Kier molecular flexibility index (Phi) is 10.0. The fraction of sp³-hybridized carbons (Fsp3) is 0.821. The second-order valence-electron chi connectivity index (χ2n) is 17.4. The molecule has 273 valence electrons. The molecule has 9 aliphatic rings. The van der Waals surface area contributed by atoms with E-state index in [0.717, 1.165) is 0 Å². The maximum Gasteiger partial charge on any atom is 0.0649 e. The third kappa shape index (κ3) is 6.32. The van der Waals surface area contributed by atoms with Gasteiger partial charge in [0.1, 0.15) is 0 Å². The molecule has 4 saturated carbocycles. The molecule has 10 rings (SSSR count). The Morgan fingerprint density at radius 1 is 0.408 bits per heavy atom. The molecular weight excluding hydrogens is 658 g/mol. The zero-order valence-corrected chi connectivity index (χ0v) is 30.1. The van der Waals surface area contributed by atoms with Crippen LogP contribution in [0.5, 0.6) is 0 Å². The first-order valence-electron chi connectivity index (χ1n) is 20.4. The van der Waals surface area contributed by atoms with Crippen LogP contribution in [0, 0.1) is 47.3 Å². The minimum absolute atomic E-state index is 0. The molecule has 49 heavy (non-hydrogen) atoms. The van der Waals surface area contributed by atoms with Gasteiger partial charge >= 0.3 is 0 Å². The number of aliphatic imine (C=N–C) groups is 1. The van der Waals surface area contributed by atoms with Crippen molar-refractivity contribution in [2.24, 2.45) is 52.3 Å². The molecule has 9 fully saturated rings. The summed E-state index contributed by atoms with van der Waals surface area (Å²) < 4.78 is 0. The van der Waals surface area contributed by atoms with Gasteiger partial charge in [-0.2, -0.15) is 0 Å². The molecule has 4 aliphatic carbocycles. The molecule has 8 N–H and O–H groups in total. The van der Waals surface area contributed by atoms with E-state index in [2.05, 4.69) is 79.1 Å². The molecule has 8 bridgehead atoms. The van der Waals surface area contributed by atoms with Crippen LogP contribution in [-0.2, 0) is 17.1 Å². The van der Waals surface area contributed by atoms with Gasteiger partial charge in [-0.1, -0.05) is 75.3 Å². The summed E-state index contributed by atoms with van der Waals surface area (Å²) in [5, 5.41) is 34.1. The molecule has 10 heteroatoms. The van der Waals surface area contributed by atoms with Crippen molar-refractivity contribution in [3.8, 4) is 0 Å². The summed E-state index contributed by atoms with van der Waals surface area (Å²) in [6, 6.07) is 11.1. The first kappa shape index (κ1) is 33.9. The van der Waals surface area contributed by atoms with Gasteiger partial charge < -0.3 is 0 Å². The van der Waals surface area contributed by atoms with E-state index in [-0.39, 0.29) is 23.2 Å². The predicted octanol–water partition coefficient (Wildman–Crippen LogP) is 3.70. The monoisotopic (exact) mass is 718 g/mol. The number of nitrogens with zero attached hydrogens (tertiary/aromatic N) is 1. The number of benzene rings is 1. The maximum atomic E-state index is 5.38. The van der Waals surface area contributed by atoms with Gasteiger partial charge in [-0.05, 0) is 98.4 Å². The first-order valence-corrected chi connectivity index (χ1v) is 20.4. The van der Waals surface area contributed by atoms with Crippen LogP contribution in [0.15, 0.2) is 35.3 Å². The normalized spacial score (nSPS) is 50.6. The van der Waals surface area contributed by atoms with Gasteiger partial charge in [0.15, 0.2) is 0 Å². The molecule has 5 aliphatic heterocycles. The van der Waals surface area contributed by atoms with E-state index >= 15 is 0 Å². The summed E-state index contributed by atoms with van der Waals surface area (Å²) in [4.78, 5) is 5.38. The molecule has 17 atom stereocenters. The minimum Gasteiger partial charge on any atom is -0.289 e. The Labute approximate surface area is 304 Å². The summed E-state index contributed by atoms with van der Waals surface area (Å²) in [5.74, 6) is 5.22. The molecule has 17 unspecified atom stereocenters. The van der Waals surface area contributed by atoms with E-state index in [1.165, 1.54) is 102 Å². The molecule has 0 spiro atoms. The third-order valence-electron chi connectivity index (χ3n) is 15.1. The molecule has 0 aromatic heterocycles. The second-order valence-corrected chi connectivity index (χ2v) is 17.4. The number of rotatable bonds is 2. The molecule has 1 radical (unpaired) electrons. The fourth-order valence-corrected chi connectivity index (χ4v) is 12.9. The Morgan fingerprint density at radius 3 is 1.16 bits per heavy atom. The van der Waals surface area contributed by atoms with Crippen LogP contribution in [0.2, 0.25) is 0 Å². The second kappa shape index (κ2) is 14.5. The van der Waals surface area contributed by atoms with Gasteiger partial charge in [0.05, 0.1) is 55.4 Å². The van der Waals surface area contributed by atoms with Crippen LogP contribution in [0.25, 0.3) is 0 Å². The van der Waals surface area contributed by atoms with Crippen LogP contribution < -0.4 is 42.5 Å². The topological polar surface area (TPSA) is 109 Å². The average molecular weight is 720 g/mol. The van der Waals surface area contributed by atoms with Crippen molar-refractivity contribution < 1.29 is 17.1 Å². The zero-order chi connectivity index (χ0) is 31.6. The predicted molar refractivity (Wildman–Crippen MR) is 190 cm³/mol. The summed E-state index contributed by atoms with van der Waals surface area (Å²) in [7, 11) is 0. The zero-order valence-electron chi connectivity index (χ0n) is 29.1. The summed E-state index contributed by atoms with van der Waals surface area (Å²) >= 11 is 0.